The molecule has 0 saturated heterocycles. The van der Waals surface area contributed by atoms with Crippen LogP contribution in [-0.4, -0.2) is 15.7 Å². The van der Waals surface area contributed by atoms with E-state index < -0.39 is 0 Å². The summed E-state index contributed by atoms with van der Waals surface area (Å²) in [5, 5.41) is 6.92. The number of nitrogens with zero attached hydrogens (tertiary/aromatic N) is 2. The van der Waals surface area contributed by atoms with Crippen molar-refractivity contribution in [1.29, 1.82) is 0 Å². The zero-order valence-corrected chi connectivity index (χ0v) is 13.3. The van der Waals surface area contributed by atoms with Gasteiger partial charge in [0.05, 0.1) is 6.26 Å². The summed E-state index contributed by atoms with van der Waals surface area (Å²) in [5.74, 6) is 0.00420. The van der Waals surface area contributed by atoms with Crippen LogP contribution in [0.2, 0.25) is 0 Å². The van der Waals surface area contributed by atoms with E-state index in [-0.39, 0.29) is 23.7 Å². The molecule has 2 heterocycles. The van der Waals surface area contributed by atoms with Crippen LogP contribution in [0, 0.1) is 5.82 Å². The van der Waals surface area contributed by atoms with Gasteiger partial charge in [-0.05, 0) is 48.9 Å². The largest absolute Gasteiger partial charge is 0.463 e. The van der Waals surface area contributed by atoms with Crippen LogP contribution in [0.3, 0.4) is 0 Å². The van der Waals surface area contributed by atoms with Crippen LogP contribution in [0.25, 0.3) is 11.5 Å². The first kappa shape index (κ1) is 16.6. The first-order valence-corrected chi connectivity index (χ1v) is 7.79. The van der Waals surface area contributed by atoms with Gasteiger partial charge in [-0.25, -0.2) is 9.07 Å². The van der Waals surface area contributed by atoms with E-state index in [0.29, 0.717) is 30.1 Å². The lowest BCUT2D eigenvalue weighted by atomic mass is 10.2. The summed E-state index contributed by atoms with van der Waals surface area (Å²) < 4.78 is 19.4. The molecular formula is C18H16FN3O3. The molecule has 3 rings (SSSR count). The van der Waals surface area contributed by atoms with Crippen LogP contribution in [0.4, 0.5) is 10.1 Å². The molecule has 1 aromatic carbocycles. The van der Waals surface area contributed by atoms with Crippen LogP contribution in [0.1, 0.15) is 12.8 Å². The number of carbonyl (C=O) groups is 1. The molecule has 0 saturated carbocycles. The van der Waals surface area contributed by atoms with Gasteiger partial charge >= 0.3 is 0 Å². The van der Waals surface area contributed by atoms with Gasteiger partial charge in [-0.1, -0.05) is 0 Å². The molecule has 0 spiro atoms. The molecule has 0 radical (unpaired) electrons. The summed E-state index contributed by atoms with van der Waals surface area (Å²) in [5.41, 5.74) is 0.844. The van der Waals surface area contributed by atoms with Crippen LogP contribution in [0.15, 0.2) is 64.0 Å². The molecule has 0 unspecified atom stereocenters. The molecule has 0 atom stereocenters. The Hall–Kier alpha value is -3.22. The number of hydrogen-bond donors (Lipinski definition) is 1. The highest BCUT2D eigenvalue weighted by molar-refractivity contribution is 5.90. The van der Waals surface area contributed by atoms with Crippen LogP contribution < -0.4 is 10.9 Å². The molecule has 1 amide bonds. The monoisotopic (exact) mass is 341 g/mol. The van der Waals surface area contributed by atoms with Crippen molar-refractivity contribution in [2.24, 2.45) is 0 Å². The van der Waals surface area contributed by atoms with Gasteiger partial charge in [0.1, 0.15) is 11.5 Å². The number of rotatable bonds is 6. The van der Waals surface area contributed by atoms with E-state index in [0.717, 1.165) is 0 Å². The maximum atomic E-state index is 12.8. The average Bonchev–Trinajstić information content (AvgIpc) is 3.13. The van der Waals surface area contributed by atoms with Crippen LogP contribution >= 0.6 is 0 Å². The number of aryl methyl sites for hydroxylation is 1. The number of amides is 1. The number of carbonyl (C=O) groups excluding carboxylic acids is 1. The summed E-state index contributed by atoms with van der Waals surface area (Å²) in [7, 11) is 0. The molecule has 25 heavy (non-hydrogen) atoms. The zero-order valence-electron chi connectivity index (χ0n) is 13.3. The predicted octanol–water partition coefficient (Wildman–Crippen LogP) is 3.06. The predicted molar refractivity (Wildman–Crippen MR) is 90.5 cm³/mol. The topological polar surface area (TPSA) is 77.1 Å². The second-order valence-electron chi connectivity index (χ2n) is 5.42. The van der Waals surface area contributed by atoms with E-state index in [1.54, 1.807) is 18.2 Å². The lowest BCUT2D eigenvalue weighted by molar-refractivity contribution is -0.116. The Morgan fingerprint density at radius 2 is 1.96 bits per heavy atom. The highest BCUT2D eigenvalue weighted by Crippen LogP contribution is 2.15. The number of hydrogen-bond acceptors (Lipinski definition) is 4. The number of benzene rings is 1. The average molecular weight is 341 g/mol. The minimum atomic E-state index is -0.361. The highest BCUT2D eigenvalue weighted by atomic mass is 19.1. The van der Waals surface area contributed by atoms with Gasteiger partial charge in [0.2, 0.25) is 5.91 Å². The highest BCUT2D eigenvalue weighted by Gasteiger charge is 2.07. The summed E-state index contributed by atoms with van der Waals surface area (Å²) >= 11 is 0. The third kappa shape index (κ3) is 4.41. The fraction of sp³-hybridized carbons (Fsp3) is 0.167. The molecule has 2 aromatic heterocycles. The molecule has 0 aliphatic carbocycles. The Balaban J connectivity index is 1.56. The van der Waals surface area contributed by atoms with Crippen LogP contribution in [-0.2, 0) is 11.3 Å². The second-order valence-corrected chi connectivity index (χ2v) is 5.42. The summed E-state index contributed by atoms with van der Waals surface area (Å²) in [4.78, 5) is 23.8. The minimum Gasteiger partial charge on any atom is -0.463 e. The van der Waals surface area contributed by atoms with Crippen molar-refractivity contribution in [3.8, 4) is 11.5 Å². The quantitative estimate of drug-likeness (QED) is 0.747. The van der Waals surface area contributed by atoms with Gasteiger partial charge in [0.15, 0.2) is 5.76 Å². The molecule has 0 aliphatic heterocycles. The van der Waals surface area contributed by atoms with Crippen molar-refractivity contribution in [2.75, 3.05) is 5.32 Å². The van der Waals surface area contributed by atoms with E-state index in [2.05, 4.69) is 10.4 Å². The van der Waals surface area contributed by atoms with Gasteiger partial charge in [-0.2, -0.15) is 5.10 Å². The maximum Gasteiger partial charge on any atom is 0.266 e. The molecule has 0 bridgehead atoms. The summed E-state index contributed by atoms with van der Waals surface area (Å²) in [6.07, 6.45) is 2.20. The third-order valence-corrected chi connectivity index (χ3v) is 3.54. The SMILES string of the molecule is O=C(CCCn1nc(-c2ccco2)ccc1=O)Nc1ccc(F)cc1. The maximum absolute atomic E-state index is 12.8. The Kier molecular flexibility index (Phi) is 5.03. The number of nitrogens with one attached hydrogen (secondary N) is 1. The number of aromatic nitrogens is 2. The second kappa shape index (κ2) is 7.57. The number of halogens is 1. The lowest BCUT2D eigenvalue weighted by Gasteiger charge is -2.07. The fourth-order valence-electron chi connectivity index (χ4n) is 2.31. The van der Waals surface area contributed by atoms with Gasteiger partial charge in [0.25, 0.3) is 5.56 Å². The molecule has 6 nitrogen and oxygen atoms in total. The standard InChI is InChI=1S/C18H16FN3O3/c19-13-5-7-14(8-6-13)20-17(23)4-1-11-22-18(24)10-9-15(21-22)16-3-2-12-25-16/h2-3,5-10,12H,1,4,11H2,(H,20,23). The normalized spacial score (nSPS) is 10.6. The molecule has 128 valence electrons. The van der Waals surface area contributed by atoms with E-state index in [9.17, 15) is 14.0 Å². The Morgan fingerprint density at radius 1 is 1.16 bits per heavy atom. The van der Waals surface area contributed by atoms with Crippen molar-refractivity contribution in [3.05, 3.63) is 71.0 Å². The molecule has 0 aliphatic rings. The number of furan rings is 1. The van der Waals surface area contributed by atoms with Gasteiger partial charge < -0.3 is 9.73 Å². The molecule has 3 aromatic rings. The zero-order chi connectivity index (χ0) is 17.6. The van der Waals surface area contributed by atoms with E-state index >= 15 is 0 Å². The Bertz CT molecular complexity index is 902. The van der Waals surface area contributed by atoms with Crippen molar-refractivity contribution in [1.82, 2.24) is 9.78 Å². The van der Waals surface area contributed by atoms with Crippen molar-refractivity contribution in [3.63, 3.8) is 0 Å². The summed E-state index contributed by atoms with van der Waals surface area (Å²) in [6, 6.07) is 12.1. The van der Waals surface area contributed by atoms with Crippen LogP contribution in [0.5, 0.6) is 0 Å². The van der Waals surface area contributed by atoms with E-state index in [1.807, 2.05) is 0 Å². The Morgan fingerprint density at radius 3 is 2.68 bits per heavy atom. The molecule has 7 heteroatoms. The number of anilines is 1. The van der Waals surface area contributed by atoms with Crippen molar-refractivity contribution >= 4 is 11.6 Å². The first-order chi connectivity index (χ1) is 12.1. The smallest absolute Gasteiger partial charge is 0.266 e. The van der Waals surface area contributed by atoms with Crippen molar-refractivity contribution < 1.29 is 13.6 Å². The van der Waals surface area contributed by atoms with Gasteiger partial charge in [-0.15, -0.1) is 0 Å². The third-order valence-electron chi connectivity index (χ3n) is 3.54. The first-order valence-electron chi connectivity index (χ1n) is 7.79. The minimum absolute atomic E-state index is 0.207. The van der Waals surface area contributed by atoms with E-state index in [1.165, 1.54) is 41.3 Å². The molecule has 1 N–H and O–H groups in total. The lowest BCUT2D eigenvalue weighted by Crippen LogP contribution is -2.23. The Labute approximate surface area is 142 Å². The van der Waals surface area contributed by atoms with Gasteiger partial charge in [0, 0.05) is 24.7 Å². The fourth-order valence-corrected chi connectivity index (χ4v) is 2.31. The van der Waals surface area contributed by atoms with Gasteiger partial charge in [-0.3, -0.25) is 9.59 Å². The molecule has 0 fully saturated rings. The summed E-state index contributed by atoms with van der Waals surface area (Å²) in [6.45, 7) is 0.310. The van der Waals surface area contributed by atoms with Crippen molar-refractivity contribution in [2.45, 2.75) is 19.4 Å². The molecular weight excluding hydrogens is 325 g/mol. The van der Waals surface area contributed by atoms with E-state index in [4.69, 9.17) is 4.42 Å².